The number of benzene rings is 1. The molecule has 0 spiro atoms. The molecule has 10 nitrogen and oxygen atoms in total. The summed E-state index contributed by atoms with van der Waals surface area (Å²) < 4.78 is 17.9. The average molecular weight is 666 g/mol. The number of carbonyl (C=O) groups is 1. The summed E-state index contributed by atoms with van der Waals surface area (Å²) in [6, 6.07) is 7.45. The molecule has 2 saturated carbocycles. The summed E-state index contributed by atoms with van der Waals surface area (Å²) in [7, 11) is 3.96. The summed E-state index contributed by atoms with van der Waals surface area (Å²) in [6.07, 6.45) is 7.00. The topological polar surface area (TPSA) is 99.4 Å². The number of methoxy groups -OCH3 is 1. The molecule has 2 atom stereocenters. The third-order valence-corrected chi connectivity index (χ3v) is 10.9. The number of hydrogen-bond donors (Lipinski definition) is 2. The van der Waals surface area contributed by atoms with Gasteiger partial charge < -0.3 is 34.3 Å². The fourth-order valence-corrected chi connectivity index (χ4v) is 8.13. The number of ether oxygens (including phenoxy) is 3. The van der Waals surface area contributed by atoms with E-state index < -0.39 is 0 Å². The van der Waals surface area contributed by atoms with Gasteiger partial charge in [-0.3, -0.25) is 14.5 Å². The molecular weight excluding hydrogens is 606 g/mol. The molecule has 48 heavy (non-hydrogen) atoms. The van der Waals surface area contributed by atoms with Gasteiger partial charge >= 0.3 is 0 Å². The molecule has 10 heteroatoms. The Hall–Kier alpha value is -2.92. The van der Waals surface area contributed by atoms with Crippen molar-refractivity contribution in [3.05, 3.63) is 56.5 Å². The van der Waals surface area contributed by atoms with E-state index in [1.165, 1.54) is 0 Å². The molecule has 3 aliphatic rings. The smallest absolute Gasteiger partial charge is 0.253 e. The lowest BCUT2D eigenvalue weighted by atomic mass is 9.87. The Balaban J connectivity index is 1.35. The van der Waals surface area contributed by atoms with E-state index in [-0.39, 0.29) is 36.3 Å². The molecule has 2 aromatic rings. The largest absolute Gasteiger partial charge is 0.490 e. The highest BCUT2D eigenvalue weighted by Gasteiger charge is 2.38. The summed E-state index contributed by atoms with van der Waals surface area (Å²) >= 11 is 0. The maximum Gasteiger partial charge on any atom is 0.253 e. The lowest BCUT2D eigenvalue weighted by Gasteiger charge is -2.47. The summed E-state index contributed by atoms with van der Waals surface area (Å²) in [5.41, 5.74) is 4.70. The standard InChI is InChI=1S/C38H59N5O5/c1-9-43(30-12-10-29(11-13-30)41(7)14-15-46-8)36-20-33(48-32-17-31(18-32)42-22-26(4)47-27(5)23-42)19-34(28(36)6)37(44)39-21-35-24(2)16-25(3)40-38(35)45/h16,19-20,26-27,29-32H,9-15,17-18,21-23H2,1-8H3,(H,39,44)(H,40,45)/t26-,27+,29?,30?,31?,32?. The van der Waals surface area contributed by atoms with Crippen LogP contribution in [0.4, 0.5) is 5.69 Å². The van der Waals surface area contributed by atoms with Crippen molar-refractivity contribution < 1.29 is 19.0 Å². The minimum atomic E-state index is -0.194. The van der Waals surface area contributed by atoms with E-state index in [2.05, 4.69) is 58.9 Å². The van der Waals surface area contributed by atoms with Crippen LogP contribution in [0.25, 0.3) is 0 Å². The molecule has 0 unspecified atom stereocenters. The number of hydrogen-bond acceptors (Lipinski definition) is 8. The predicted molar refractivity (Wildman–Crippen MR) is 191 cm³/mol. The zero-order valence-corrected chi connectivity index (χ0v) is 30.6. The van der Waals surface area contributed by atoms with Gasteiger partial charge in [-0.05, 0) is 97.5 Å². The van der Waals surface area contributed by atoms with Gasteiger partial charge in [0.05, 0.1) is 18.8 Å². The van der Waals surface area contributed by atoms with Gasteiger partial charge in [-0.2, -0.15) is 0 Å². The Labute approximate surface area is 287 Å². The highest BCUT2D eigenvalue weighted by Crippen LogP contribution is 2.38. The van der Waals surface area contributed by atoms with Crippen molar-refractivity contribution in [2.24, 2.45) is 0 Å². The highest BCUT2D eigenvalue weighted by atomic mass is 16.5. The van der Waals surface area contributed by atoms with Gasteiger partial charge in [0.25, 0.3) is 11.5 Å². The molecule has 1 aliphatic heterocycles. The van der Waals surface area contributed by atoms with Crippen LogP contribution in [-0.2, 0) is 16.0 Å². The SMILES string of the molecule is CCN(c1cc(OC2CC(N3C[C@@H](C)O[C@@H](C)C3)C2)cc(C(=O)NCc2c(C)cc(C)[nH]c2=O)c1C)C1CCC(N(C)CCOC)CC1. The second-order valence-corrected chi connectivity index (χ2v) is 14.5. The number of morpholine rings is 1. The van der Waals surface area contributed by atoms with Gasteiger partial charge in [0.1, 0.15) is 11.9 Å². The van der Waals surface area contributed by atoms with Crippen LogP contribution in [0.2, 0.25) is 0 Å². The normalized spacial score (nSPS) is 26.3. The monoisotopic (exact) mass is 665 g/mol. The van der Waals surface area contributed by atoms with E-state index in [1.807, 2.05) is 32.9 Å². The summed E-state index contributed by atoms with van der Waals surface area (Å²) in [4.78, 5) is 36.9. The number of aryl methyl sites for hydroxylation is 2. The van der Waals surface area contributed by atoms with Crippen molar-refractivity contribution in [2.45, 2.75) is 123 Å². The molecule has 1 saturated heterocycles. The van der Waals surface area contributed by atoms with E-state index in [0.717, 1.165) is 99.6 Å². The van der Waals surface area contributed by atoms with Crippen molar-refractivity contribution in [1.82, 2.24) is 20.1 Å². The van der Waals surface area contributed by atoms with Crippen LogP contribution in [0, 0.1) is 20.8 Å². The molecule has 5 rings (SSSR count). The molecule has 2 aliphatic carbocycles. The number of carbonyl (C=O) groups excluding carboxylic acids is 1. The van der Waals surface area contributed by atoms with Crippen molar-refractivity contribution >= 4 is 11.6 Å². The zero-order chi connectivity index (χ0) is 34.5. The van der Waals surface area contributed by atoms with E-state index in [1.54, 1.807) is 7.11 Å². The first-order valence-electron chi connectivity index (χ1n) is 18.1. The van der Waals surface area contributed by atoms with Gasteiger partial charge in [0.15, 0.2) is 0 Å². The van der Waals surface area contributed by atoms with E-state index in [0.29, 0.717) is 29.3 Å². The Bertz CT molecular complexity index is 1440. The van der Waals surface area contributed by atoms with Crippen LogP contribution < -0.4 is 20.5 Å². The molecule has 1 aromatic heterocycles. The van der Waals surface area contributed by atoms with Crippen molar-refractivity contribution in [3.63, 3.8) is 0 Å². The second kappa shape index (κ2) is 16.2. The van der Waals surface area contributed by atoms with Crippen molar-refractivity contribution in [1.29, 1.82) is 0 Å². The third kappa shape index (κ3) is 8.62. The van der Waals surface area contributed by atoms with E-state index in [9.17, 15) is 9.59 Å². The van der Waals surface area contributed by atoms with Crippen LogP contribution >= 0.6 is 0 Å². The Morgan fingerprint density at radius 2 is 1.71 bits per heavy atom. The predicted octanol–water partition coefficient (Wildman–Crippen LogP) is 4.96. The van der Waals surface area contributed by atoms with Crippen LogP contribution in [0.5, 0.6) is 5.75 Å². The first-order chi connectivity index (χ1) is 23.0. The molecule has 266 valence electrons. The van der Waals surface area contributed by atoms with E-state index >= 15 is 0 Å². The Kier molecular flexibility index (Phi) is 12.3. The first kappa shape index (κ1) is 36.4. The van der Waals surface area contributed by atoms with Crippen LogP contribution in [0.15, 0.2) is 23.0 Å². The molecular formula is C38H59N5O5. The Morgan fingerprint density at radius 1 is 1.04 bits per heavy atom. The van der Waals surface area contributed by atoms with Crippen molar-refractivity contribution in [3.8, 4) is 5.75 Å². The van der Waals surface area contributed by atoms with Crippen molar-refractivity contribution in [2.75, 3.05) is 51.8 Å². The molecule has 3 fully saturated rings. The zero-order valence-electron chi connectivity index (χ0n) is 30.6. The summed E-state index contributed by atoms with van der Waals surface area (Å²) in [6.45, 7) is 16.9. The van der Waals surface area contributed by atoms with E-state index in [4.69, 9.17) is 14.2 Å². The molecule has 0 radical (unpaired) electrons. The maximum absolute atomic E-state index is 13.9. The number of likely N-dealkylation sites (N-methyl/N-ethyl adjacent to an activating group) is 1. The molecule has 0 bridgehead atoms. The maximum atomic E-state index is 13.9. The first-order valence-corrected chi connectivity index (χ1v) is 18.1. The number of nitrogens with one attached hydrogen (secondary N) is 2. The van der Waals surface area contributed by atoms with Gasteiger partial charge in [0, 0.05) is 99.4 Å². The molecule has 1 amide bonds. The molecule has 2 heterocycles. The number of aromatic nitrogens is 1. The lowest BCUT2D eigenvalue weighted by molar-refractivity contribution is -0.103. The average Bonchev–Trinajstić information content (AvgIpc) is 3.02. The fraction of sp³-hybridized carbons (Fsp3) is 0.684. The quantitative estimate of drug-likeness (QED) is 0.310. The molecule has 2 N–H and O–H groups in total. The van der Waals surface area contributed by atoms with Crippen LogP contribution in [-0.4, -0.2) is 104 Å². The highest BCUT2D eigenvalue weighted by molar-refractivity contribution is 5.97. The number of amides is 1. The summed E-state index contributed by atoms with van der Waals surface area (Å²) in [5.74, 6) is 0.546. The number of nitrogens with zero attached hydrogens (tertiary/aromatic N) is 3. The minimum Gasteiger partial charge on any atom is -0.490 e. The summed E-state index contributed by atoms with van der Waals surface area (Å²) in [5, 5.41) is 3.06. The van der Waals surface area contributed by atoms with Crippen LogP contribution in [0.3, 0.4) is 0 Å². The number of H-pyrrole nitrogens is 1. The number of aromatic amines is 1. The minimum absolute atomic E-state index is 0.108. The number of anilines is 1. The van der Waals surface area contributed by atoms with Crippen LogP contribution in [0.1, 0.15) is 92.0 Å². The van der Waals surface area contributed by atoms with Gasteiger partial charge in [0.2, 0.25) is 0 Å². The third-order valence-electron chi connectivity index (χ3n) is 10.9. The lowest BCUT2D eigenvalue weighted by Crippen LogP contribution is -2.56. The number of pyridine rings is 1. The van der Waals surface area contributed by atoms with Gasteiger partial charge in [-0.1, -0.05) is 0 Å². The van der Waals surface area contributed by atoms with Gasteiger partial charge in [-0.15, -0.1) is 0 Å². The number of rotatable bonds is 13. The second-order valence-electron chi connectivity index (χ2n) is 14.5. The fourth-order valence-electron chi connectivity index (χ4n) is 8.13. The molecule has 1 aromatic carbocycles. The Morgan fingerprint density at radius 3 is 2.33 bits per heavy atom. The van der Waals surface area contributed by atoms with Gasteiger partial charge in [-0.25, -0.2) is 0 Å².